The van der Waals surface area contributed by atoms with E-state index in [1.807, 2.05) is 0 Å². The second kappa shape index (κ2) is 7.85. The van der Waals surface area contributed by atoms with Gasteiger partial charge in [-0.05, 0) is 37.1 Å². The van der Waals surface area contributed by atoms with Crippen LogP contribution in [0, 0.1) is 0 Å². The van der Waals surface area contributed by atoms with Crippen LogP contribution in [0.25, 0.3) is 0 Å². The summed E-state index contributed by atoms with van der Waals surface area (Å²) in [6, 6.07) is 6.80. The summed E-state index contributed by atoms with van der Waals surface area (Å²) in [5, 5.41) is 3.53. The Bertz CT molecular complexity index is 579. The number of rotatable bonds is 3. The Balaban J connectivity index is 1.45. The maximum absolute atomic E-state index is 12.4. The molecule has 2 aliphatic heterocycles. The highest BCUT2D eigenvalue weighted by Crippen LogP contribution is 2.14. The molecule has 0 aliphatic carbocycles. The van der Waals surface area contributed by atoms with E-state index in [0.29, 0.717) is 43.3 Å². The van der Waals surface area contributed by atoms with E-state index in [-0.39, 0.29) is 18.0 Å². The number of urea groups is 1. The van der Waals surface area contributed by atoms with E-state index in [9.17, 15) is 9.59 Å². The van der Waals surface area contributed by atoms with Crippen LogP contribution in [-0.2, 0) is 4.74 Å². The maximum Gasteiger partial charge on any atom is 0.317 e. The van der Waals surface area contributed by atoms with Crippen molar-refractivity contribution in [3.8, 4) is 0 Å². The van der Waals surface area contributed by atoms with E-state index in [1.54, 1.807) is 34.1 Å². The van der Waals surface area contributed by atoms with Crippen molar-refractivity contribution >= 4 is 23.5 Å². The van der Waals surface area contributed by atoms with Gasteiger partial charge in [-0.1, -0.05) is 11.6 Å². The average Bonchev–Trinajstić information content (AvgIpc) is 3.13. The van der Waals surface area contributed by atoms with Crippen LogP contribution in [-0.4, -0.2) is 67.2 Å². The lowest BCUT2D eigenvalue weighted by Crippen LogP contribution is -2.53. The molecular weight excluding hydrogens is 330 g/mol. The Morgan fingerprint density at radius 3 is 2.42 bits per heavy atom. The lowest BCUT2D eigenvalue weighted by Gasteiger charge is -2.35. The van der Waals surface area contributed by atoms with Gasteiger partial charge in [-0.3, -0.25) is 4.79 Å². The van der Waals surface area contributed by atoms with Gasteiger partial charge in [0.2, 0.25) is 0 Å². The molecule has 1 atom stereocenters. The fraction of sp³-hybridized carbons (Fsp3) is 0.529. The van der Waals surface area contributed by atoms with Gasteiger partial charge < -0.3 is 19.9 Å². The summed E-state index contributed by atoms with van der Waals surface area (Å²) >= 11 is 5.85. The molecule has 1 aromatic rings. The monoisotopic (exact) mass is 351 g/mol. The van der Waals surface area contributed by atoms with E-state index in [2.05, 4.69) is 5.32 Å². The smallest absolute Gasteiger partial charge is 0.317 e. The summed E-state index contributed by atoms with van der Waals surface area (Å²) in [7, 11) is 0. The van der Waals surface area contributed by atoms with Gasteiger partial charge in [0, 0.05) is 49.9 Å². The third kappa shape index (κ3) is 4.19. The molecule has 3 rings (SSSR count). The standard InChI is InChI=1S/C17H22ClN3O3/c18-14-5-3-13(4-6-14)16(22)20-7-9-21(10-8-20)17(23)19-12-15-2-1-11-24-15/h3-6,15H,1-2,7-12H2,(H,19,23). The van der Waals surface area contributed by atoms with Crippen molar-refractivity contribution in [1.29, 1.82) is 0 Å². The second-order valence-corrected chi connectivity index (χ2v) is 6.54. The Morgan fingerprint density at radius 1 is 1.12 bits per heavy atom. The molecule has 24 heavy (non-hydrogen) atoms. The number of nitrogens with one attached hydrogen (secondary N) is 1. The lowest BCUT2D eigenvalue weighted by atomic mass is 10.2. The van der Waals surface area contributed by atoms with Crippen LogP contribution in [0.3, 0.4) is 0 Å². The van der Waals surface area contributed by atoms with Crippen molar-refractivity contribution in [2.75, 3.05) is 39.3 Å². The molecule has 130 valence electrons. The molecular formula is C17H22ClN3O3. The Hall–Kier alpha value is -1.79. The predicted molar refractivity (Wildman–Crippen MR) is 91.3 cm³/mol. The zero-order valence-corrected chi connectivity index (χ0v) is 14.3. The molecule has 1 aromatic carbocycles. The van der Waals surface area contributed by atoms with Crippen molar-refractivity contribution in [2.45, 2.75) is 18.9 Å². The summed E-state index contributed by atoms with van der Waals surface area (Å²) < 4.78 is 5.50. The minimum Gasteiger partial charge on any atom is -0.376 e. The van der Waals surface area contributed by atoms with E-state index < -0.39 is 0 Å². The lowest BCUT2D eigenvalue weighted by molar-refractivity contribution is 0.0660. The van der Waals surface area contributed by atoms with Crippen molar-refractivity contribution in [3.63, 3.8) is 0 Å². The molecule has 1 N–H and O–H groups in total. The fourth-order valence-electron chi connectivity index (χ4n) is 3.01. The van der Waals surface area contributed by atoms with E-state index in [0.717, 1.165) is 19.4 Å². The number of ether oxygens (including phenoxy) is 1. The highest BCUT2D eigenvalue weighted by Gasteiger charge is 2.25. The Morgan fingerprint density at radius 2 is 1.79 bits per heavy atom. The van der Waals surface area contributed by atoms with Gasteiger partial charge in [0.1, 0.15) is 0 Å². The number of benzene rings is 1. The first kappa shape index (κ1) is 17.0. The molecule has 1 unspecified atom stereocenters. The topological polar surface area (TPSA) is 61.9 Å². The minimum absolute atomic E-state index is 0.0221. The molecule has 2 aliphatic rings. The summed E-state index contributed by atoms with van der Waals surface area (Å²) in [4.78, 5) is 28.1. The number of piperazine rings is 1. The van der Waals surface area contributed by atoms with Crippen LogP contribution >= 0.6 is 11.6 Å². The van der Waals surface area contributed by atoms with Crippen LogP contribution in [0.5, 0.6) is 0 Å². The zero-order chi connectivity index (χ0) is 16.9. The zero-order valence-electron chi connectivity index (χ0n) is 13.5. The normalized spacial score (nSPS) is 21.0. The fourth-order valence-corrected chi connectivity index (χ4v) is 3.13. The number of carbonyl (C=O) groups excluding carboxylic acids is 2. The first-order chi connectivity index (χ1) is 11.6. The van der Waals surface area contributed by atoms with Gasteiger partial charge in [0.25, 0.3) is 5.91 Å². The molecule has 0 aromatic heterocycles. The largest absolute Gasteiger partial charge is 0.376 e. The first-order valence-corrected chi connectivity index (χ1v) is 8.70. The van der Waals surface area contributed by atoms with Crippen LogP contribution in [0.4, 0.5) is 4.79 Å². The van der Waals surface area contributed by atoms with Crippen LogP contribution in [0.15, 0.2) is 24.3 Å². The number of hydrogen-bond donors (Lipinski definition) is 1. The maximum atomic E-state index is 12.4. The molecule has 3 amide bonds. The number of hydrogen-bond acceptors (Lipinski definition) is 3. The second-order valence-electron chi connectivity index (χ2n) is 6.11. The summed E-state index contributed by atoms with van der Waals surface area (Å²) in [6.07, 6.45) is 2.21. The number of carbonyl (C=O) groups is 2. The molecule has 0 radical (unpaired) electrons. The third-order valence-corrected chi connectivity index (χ3v) is 4.70. The van der Waals surface area contributed by atoms with E-state index in [4.69, 9.17) is 16.3 Å². The molecule has 2 heterocycles. The highest BCUT2D eigenvalue weighted by atomic mass is 35.5. The van der Waals surface area contributed by atoms with Gasteiger partial charge in [0.05, 0.1) is 6.10 Å². The third-order valence-electron chi connectivity index (χ3n) is 4.45. The predicted octanol–water partition coefficient (Wildman–Crippen LogP) is 1.99. The van der Waals surface area contributed by atoms with E-state index >= 15 is 0 Å². The first-order valence-electron chi connectivity index (χ1n) is 8.33. The molecule has 0 saturated carbocycles. The van der Waals surface area contributed by atoms with Crippen molar-refractivity contribution < 1.29 is 14.3 Å². The minimum atomic E-state index is -0.0795. The molecule has 0 spiro atoms. The van der Waals surface area contributed by atoms with Gasteiger partial charge in [-0.15, -0.1) is 0 Å². The molecule has 0 bridgehead atoms. The summed E-state index contributed by atoms with van der Waals surface area (Å²) in [5.74, 6) is -0.0221. The van der Waals surface area contributed by atoms with Crippen LogP contribution in [0.1, 0.15) is 23.2 Å². The van der Waals surface area contributed by atoms with Gasteiger partial charge in [-0.2, -0.15) is 0 Å². The van der Waals surface area contributed by atoms with Gasteiger partial charge in [-0.25, -0.2) is 4.79 Å². The molecule has 6 nitrogen and oxygen atoms in total. The summed E-state index contributed by atoms with van der Waals surface area (Å²) in [5.41, 5.74) is 0.621. The average molecular weight is 352 g/mol. The SMILES string of the molecule is O=C(NCC1CCCO1)N1CCN(C(=O)c2ccc(Cl)cc2)CC1. The number of nitrogens with zero attached hydrogens (tertiary/aromatic N) is 2. The Labute approximate surface area is 146 Å². The molecule has 2 fully saturated rings. The van der Waals surface area contributed by atoms with Crippen molar-refractivity contribution in [2.24, 2.45) is 0 Å². The van der Waals surface area contributed by atoms with Crippen LogP contribution in [0.2, 0.25) is 5.02 Å². The Kier molecular flexibility index (Phi) is 5.58. The summed E-state index contributed by atoms with van der Waals surface area (Å²) in [6.45, 7) is 3.49. The van der Waals surface area contributed by atoms with E-state index in [1.165, 1.54) is 0 Å². The van der Waals surface area contributed by atoms with Gasteiger partial charge >= 0.3 is 6.03 Å². The van der Waals surface area contributed by atoms with Crippen LogP contribution < -0.4 is 5.32 Å². The quantitative estimate of drug-likeness (QED) is 0.905. The highest BCUT2D eigenvalue weighted by molar-refractivity contribution is 6.30. The van der Waals surface area contributed by atoms with Crippen molar-refractivity contribution in [3.05, 3.63) is 34.9 Å². The van der Waals surface area contributed by atoms with Crippen molar-refractivity contribution in [1.82, 2.24) is 15.1 Å². The molecule has 2 saturated heterocycles. The number of amides is 3. The van der Waals surface area contributed by atoms with Gasteiger partial charge in [0.15, 0.2) is 0 Å². The molecule has 7 heteroatoms. The number of halogens is 1.